The molecule has 0 radical (unpaired) electrons. The van der Waals surface area contributed by atoms with Crippen molar-refractivity contribution in [2.24, 2.45) is 5.92 Å². The summed E-state index contributed by atoms with van der Waals surface area (Å²) in [4.78, 5) is 0. The van der Waals surface area contributed by atoms with Crippen LogP contribution in [0, 0.1) is 18.7 Å². The Morgan fingerprint density at radius 1 is 1.32 bits per heavy atom. The van der Waals surface area contributed by atoms with E-state index < -0.39 is 0 Å². The van der Waals surface area contributed by atoms with Crippen LogP contribution in [0.5, 0.6) is 0 Å². The predicted octanol–water partition coefficient (Wildman–Crippen LogP) is 3.02. The quantitative estimate of drug-likeness (QED) is 0.830. The highest BCUT2D eigenvalue weighted by molar-refractivity contribution is 5.30. The minimum Gasteiger partial charge on any atom is -0.395 e. The number of aryl methyl sites for hydroxylation is 1. The fourth-order valence-corrected chi connectivity index (χ4v) is 2.07. The van der Waals surface area contributed by atoms with E-state index >= 15 is 0 Å². The second-order valence-electron chi connectivity index (χ2n) is 6.26. The SMILES string of the molecule is Cc1cc(C(C)(C)CNC(CO)C(C)C)ccc1F. The molecule has 2 N–H and O–H groups in total. The lowest BCUT2D eigenvalue weighted by Crippen LogP contribution is -2.43. The third-order valence-electron chi connectivity index (χ3n) is 3.75. The Labute approximate surface area is 116 Å². The van der Waals surface area contributed by atoms with Gasteiger partial charge in [0.2, 0.25) is 0 Å². The molecule has 0 aliphatic heterocycles. The zero-order valence-electron chi connectivity index (χ0n) is 12.6. The minimum atomic E-state index is -0.164. The number of benzene rings is 1. The molecular formula is C16H26FNO. The predicted molar refractivity (Wildman–Crippen MR) is 77.9 cm³/mol. The number of aliphatic hydroxyl groups excluding tert-OH is 1. The van der Waals surface area contributed by atoms with Gasteiger partial charge in [-0.1, -0.05) is 39.8 Å². The van der Waals surface area contributed by atoms with Gasteiger partial charge >= 0.3 is 0 Å². The number of hydrogen-bond acceptors (Lipinski definition) is 2. The summed E-state index contributed by atoms with van der Waals surface area (Å²) in [5.74, 6) is 0.221. The van der Waals surface area contributed by atoms with Crippen LogP contribution in [0.1, 0.15) is 38.8 Å². The third kappa shape index (κ3) is 4.29. The molecule has 0 saturated heterocycles. The van der Waals surface area contributed by atoms with Crippen LogP contribution in [-0.4, -0.2) is 24.3 Å². The molecular weight excluding hydrogens is 241 g/mol. The maximum absolute atomic E-state index is 13.3. The molecule has 1 rings (SSSR count). The van der Waals surface area contributed by atoms with Crippen molar-refractivity contribution in [3.05, 3.63) is 35.1 Å². The zero-order valence-corrected chi connectivity index (χ0v) is 12.6. The first-order valence-corrected chi connectivity index (χ1v) is 6.89. The number of aliphatic hydroxyl groups is 1. The molecule has 1 aromatic rings. The average Bonchev–Trinajstić information content (AvgIpc) is 2.32. The molecule has 0 amide bonds. The van der Waals surface area contributed by atoms with Crippen LogP contribution in [-0.2, 0) is 5.41 Å². The normalized spacial score (nSPS) is 13.9. The fourth-order valence-electron chi connectivity index (χ4n) is 2.07. The van der Waals surface area contributed by atoms with E-state index in [4.69, 9.17) is 0 Å². The Morgan fingerprint density at radius 3 is 2.42 bits per heavy atom. The van der Waals surface area contributed by atoms with Crippen molar-refractivity contribution >= 4 is 0 Å². The average molecular weight is 267 g/mol. The lowest BCUT2D eigenvalue weighted by molar-refractivity contribution is 0.204. The van der Waals surface area contributed by atoms with Gasteiger partial charge in [0, 0.05) is 18.0 Å². The summed E-state index contributed by atoms with van der Waals surface area (Å²) < 4.78 is 13.3. The van der Waals surface area contributed by atoms with E-state index in [0.717, 1.165) is 12.1 Å². The fraction of sp³-hybridized carbons (Fsp3) is 0.625. The molecule has 0 spiro atoms. The van der Waals surface area contributed by atoms with E-state index in [2.05, 4.69) is 33.0 Å². The second kappa shape index (κ2) is 6.49. The third-order valence-corrected chi connectivity index (χ3v) is 3.75. The summed E-state index contributed by atoms with van der Waals surface area (Å²) in [6, 6.07) is 5.37. The Morgan fingerprint density at radius 2 is 1.95 bits per heavy atom. The molecule has 1 aromatic carbocycles. The van der Waals surface area contributed by atoms with Gasteiger partial charge in [0.15, 0.2) is 0 Å². The van der Waals surface area contributed by atoms with E-state index in [-0.39, 0.29) is 23.9 Å². The van der Waals surface area contributed by atoms with Crippen molar-refractivity contribution in [1.29, 1.82) is 0 Å². The highest BCUT2D eigenvalue weighted by Crippen LogP contribution is 2.24. The van der Waals surface area contributed by atoms with Gasteiger partial charge in [-0.05, 0) is 30.0 Å². The topological polar surface area (TPSA) is 32.3 Å². The van der Waals surface area contributed by atoms with Crippen molar-refractivity contribution in [3.8, 4) is 0 Å². The van der Waals surface area contributed by atoms with E-state index in [0.29, 0.717) is 11.5 Å². The molecule has 1 atom stereocenters. The first-order chi connectivity index (χ1) is 8.77. The second-order valence-corrected chi connectivity index (χ2v) is 6.26. The van der Waals surface area contributed by atoms with Crippen molar-refractivity contribution in [2.45, 2.75) is 46.1 Å². The van der Waals surface area contributed by atoms with Crippen LogP contribution in [0.25, 0.3) is 0 Å². The van der Waals surface area contributed by atoms with Crippen molar-refractivity contribution in [3.63, 3.8) is 0 Å². The molecule has 0 aliphatic carbocycles. The molecule has 0 bridgehead atoms. The Kier molecular flexibility index (Phi) is 5.50. The Hall–Kier alpha value is -0.930. The van der Waals surface area contributed by atoms with E-state index in [9.17, 15) is 9.50 Å². The minimum absolute atomic E-state index is 0.0965. The van der Waals surface area contributed by atoms with Gasteiger partial charge in [-0.2, -0.15) is 0 Å². The lowest BCUT2D eigenvalue weighted by Gasteiger charge is -2.30. The van der Waals surface area contributed by atoms with Gasteiger partial charge in [0.1, 0.15) is 5.82 Å². The van der Waals surface area contributed by atoms with Crippen LogP contribution in [0.4, 0.5) is 4.39 Å². The molecule has 1 unspecified atom stereocenters. The standard InChI is InChI=1S/C16H26FNO/c1-11(2)15(9-19)18-10-16(4,5)13-6-7-14(17)12(3)8-13/h6-8,11,15,18-19H,9-10H2,1-5H3. The first kappa shape index (κ1) is 16.1. The van der Waals surface area contributed by atoms with Crippen molar-refractivity contribution in [1.82, 2.24) is 5.32 Å². The zero-order chi connectivity index (χ0) is 14.6. The molecule has 108 valence electrons. The van der Waals surface area contributed by atoms with E-state index in [1.807, 2.05) is 12.1 Å². The first-order valence-electron chi connectivity index (χ1n) is 6.89. The number of nitrogens with one attached hydrogen (secondary N) is 1. The summed E-state index contributed by atoms with van der Waals surface area (Å²) in [5, 5.41) is 12.7. The maximum atomic E-state index is 13.3. The van der Waals surface area contributed by atoms with Crippen LogP contribution >= 0.6 is 0 Å². The van der Waals surface area contributed by atoms with E-state index in [1.165, 1.54) is 6.07 Å². The summed E-state index contributed by atoms with van der Waals surface area (Å²) in [5.41, 5.74) is 1.69. The monoisotopic (exact) mass is 267 g/mol. The van der Waals surface area contributed by atoms with Crippen molar-refractivity contribution < 1.29 is 9.50 Å². The van der Waals surface area contributed by atoms with Crippen LogP contribution in [0.15, 0.2) is 18.2 Å². The van der Waals surface area contributed by atoms with Gasteiger partial charge in [-0.3, -0.25) is 0 Å². The van der Waals surface area contributed by atoms with Crippen LogP contribution < -0.4 is 5.32 Å². The smallest absolute Gasteiger partial charge is 0.126 e. The molecule has 0 aromatic heterocycles. The van der Waals surface area contributed by atoms with Crippen molar-refractivity contribution in [2.75, 3.05) is 13.2 Å². The molecule has 3 heteroatoms. The van der Waals surface area contributed by atoms with Crippen LogP contribution in [0.3, 0.4) is 0 Å². The number of halogens is 1. The molecule has 0 fully saturated rings. The van der Waals surface area contributed by atoms with Gasteiger partial charge in [-0.15, -0.1) is 0 Å². The molecule has 0 heterocycles. The van der Waals surface area contributed by atoms with Gasteiger partial charge < -0.3 is 10.4 Å². The molecule has 2 nitrogen and oxygen atoms in total. The lowest BCUT2D eigenvalue weighted by atomic mass is 9.83. The summed E-state index contributed by atoms with van der Waals surface area (Å²) in [6.07, 6.45) is 0. The van der Waals surface area contributed by atoms with Gasteiger partial charge in [0.25, 0.3) is 0 Å². The molecule has 0 aliphatic rings. The maximum Gasteiger partial charge on any atom is 0.126 e. The number of rotatable bonds is 6. The highest BCUT2D eigenvalue weighted by Gasteiger charge is 2.23. The number of hydrogen-bond donors (Lipinski definition) is 2. The highest BCUT2D eigenvalue weighted by atomic mass is 19.1. The summed E-state index contributed by atoms with van der Waals surface area (Å²) in [6.45, 7) is 11.1. The summed E-state index contributed by atoms with van der Waals surface area (Å²) in [7, 11) is 0. The summed E-state index contributed by atoms with van der Waals surface area (Å²) >= 11 is 0. The van der Waals surface area contributed by atoms with Gasteiger partial charge in [-0.25, -0.2) is 4.39 Å². The largest absolute Gasteiger partial charge is 0.395 e. The molecule has 19 heavy (non-hydrogen) atoms. The Bertz CT molecular complexity index is 415. The van der Waals surface area contributed by atoms with Gasteiger partial charge in [0.05, 0.1) is 6.61 Å². The molecule has 0 saturated carbocycles. The van der Waals surface area contributed by atoms with Crippen LogP contribution in [0.2, 0.25) is 0 Å². The van der Waals surface area contributed by atoms with E-state index in [1.54, 1.807) is 6.92 Å². The Balaban J connectivity index is 2.77.